The maximum Gasteiger partial charge on any atom is 0.329 e. The first-order chi connectivity index (χ1) is 11.5. The van der Waals surface area contributed by atoms with Crippen LogP contribution < -0.4 is 10.7 Å². The van der Waals surface area contributed by atoms with Crippen LogP contribution in [0.25, 0.3) is 0 Å². The van der Waals surface area contributed by atoms with E-state index in [-0.39, 0.29) is 11.4 Å². The molecule has 0 saturated carbocycles. The predicted molar refractivity (Wildman–Crippen MR) is 83.9 cm³/mol. The summed E-state index contributed by atoms with van der Waals surface area (Å²) in [6.07, 6.45) is 1.22. The summed E-state index contributed by atoms with van der Waals surface area (Å²) in [5.41, 5.74) is 2.54. The molecule has 8 nitrogen and oxygen atoms in total. The Bertz CT molecular complexity index is 805. The van der Waals surface area contributed by atoms with Crippen molar-refractivity contribution in [2.75, 3.05) is 5.32 Å². The van der Waals surface area contributed by atoms with Gasteiger partial charge in [0, 0.05) is 17.8 Å². The van der Waals surface area contributed by atoms with E-state index in [0.717, 1.165) is 6.07 Å². The minimum atomic E-state index is -1.04. The summed E-state index contributed by atoms with van der Waals surface area (Å²) in [6, 6.07) is 10.5. The first kappa shape index (κ1) is 16.7. The largest absolute Gasteiger partial charge is 0.329 e. The number of non-ortho nitro benzene ring substituents is 1. The molecular formula is C15H11FN4O4. The highest BCUT2D eigenvalue weighted by Gasteiger charge is 2.13. The monoisotopic (exact) mass is 330 g/mol. The second-order valence-corrected chi connectivity index (χ2v) is 4.51. The van der Waals surface area contributed by atoms with E-state index in [1.165, 1.54) is 48.7 Å². The molecule has 0 aliphatic rings. The van der Waals surface area contributed by atoms with Crippen molar-refractivity contribution in [1.82, 2.24) is 5.43 Å². The Balaban J connectivity index is 1.89. The quantitative estimate of drug-likeness (QED) is 0.385. The normalized spacial score (nSPS) is 10.4. The second kappa shape index (κ2) is 7.58. The Kier molecular flexibility index (Phi) is 5.29. The maximum absolute atomic E-state index is 13.0. The van der Waals surface area contributed by atoms with E-state index in [2.05, 4.69) is 10.4 Å². The van der Waals surface area contributed by atoms with Gasteiger partial charge >= 0.3 is 11.8 Å². The number of nitro benzene ring substituents is 1. The van der Waals surface area contributed by atoms with Crippen LogP contribution in [0, 0.1) is 15.9 Å². The number of benzene rings is 2. The van der Waals surface area contributed by atoms with Crippen molar-refractivity contribution < 1.29 is 18.9 Å². The number of carbonyl (C=O) groups is 2. The average Bonchev–Trinajstić information content (AvgIpc) is 2.55. The maximum atomic E-state index is 13.0. The minimum Gasteiger partial charge on any atom is -0.318 e. The summed E-state index contributed by atoms with van der Waals surface area (Å²) in [7, 11) is 0. The van der Waals surface area contributed by atoms with E-state index in [4.69, 9.17) is 0 Å². The van der Waals surface area contributed by atoms with Crippen molar-refractivity contribution in [2.45, 2.75) is 0 Å². The molecule has 9 heteroatoms. The summed E-state index contributed by atoms with van der Waals surface area (Å²) >= 11 is 0. The van der Waals surface area contributed by atoms with Gasteiger partial charge in [-0.3, -0.25) is 19.7 Å². The number of hydrogen-bond acceptors (Lipinski definition) is 5. The van der Waals surface area contributed by atoms with Crippen LogP contribution >= 0.6 is 0 Å². The molecule has 0 aliphatic heterocycles. The molecule has 24 heavy (non-hydrogen) atoms. The van der Waals surface area contributed by atoms with Crippen molar-refractivity contribution in [1.29, 1.82) is 0 Å². The van der Waals surface area contributed by atoms with Gasteiger partial charge in [0.15, 0.2) is 0 Å². The third-order valence-electron chi connectivity index (χ3n) is 2.77. The zero-order valence-electron chi connectivity index (χ0n) is 12.1. The Morgan fingerprint density at radius 1 is 1.12 bits per heavy atom. The first-order valence-electron chi connectivity index (χ1n) is 6.60. The number of halogens is 1. The molecule has 0 bridgehead atoms. The summed E-state index contributed by atoms with van der Waals surface area (Å²) in [4.78, 5) is 33.1. The van der Waals surface area contributed by atoms with Crippen molar-refractivity contribution in [3.8, 4) is 0 Å². The summed E-state index contributed by atoms with van der Waals surface area (Å²) in [5, 5.41) is 16.3. The van der Waals surface area contributed by atoms with Gasteiger partial charge in [0.25, 0.3) is 5.69 Å². The number of hydrogen-bond donors (Lipinski definition) is 2. The van der Waals surface area contributed by atoms with E-state index in [1.807, 2.05) is 5.43 Å². The van der Waals surface area contributed by atoms with E-state index in [9.17, 15) is 24.1 Å². The Morgan fingerprint density at radius 3 is 2.46 bits per heavy atom. The van der Waals surface area contributed by atoms with Crippen LogP contribution in [0.4, 0.5) is 15.8 Å². The van der Waals surface area contributed by atoms with Crippen molar-refractivity contribution in [3.05, 3.63) is 70.0 Å². The van der Waals surface area contributed by atoms with Gasteiger partial charge in [0.1, 0.15) is 5.82 Å². The number of carbonyl (C=O) groups excluding carboxylic acids is 2. The fraction of sp³-hybridized carbons (Fsp3) is 0. The highest BCUT2D eigenvalue weighted by atomic mass is 19.1. The molecule has 2 N–H and O–H groups in total. The number of nitrogens with zero attached hydrogens (tertiary/aromatic N) is 2. The zero-order valence-corrected chi connectivity index (χ0v) is 12.1. The predicted octanol–water partition coefficient (Wildman–Crippen LogP) is 1.82. The van der Waals surface area contributed by atoms with E-state index < -0.39 is 22.6 Å². The molecular weight excluding hydrogens is 319 g/mol. The van der Waals surface area contributed by atoms with Crippen LogP contribution in [-0.2, 0) is 9.59 Å². The Labute approximate surface area is 135 Å². The lowest BCUT2D eigenvalue weighted by molar-refractivity contribution is -0.384. The Morgan fingerprint density at radius 2 is 1.83 bits per heavy atom. The highest BCUT2D eigenvalue weighted by molar-refractivity contribution is 6.39. The lowest BCUT2D eigenvalue weighted by Crippen LogP contribution is -2.32. The molecule has 2 aromatic rings. The van der Waals surface area contributed by atoms with Gasteiger partial charge in [-0.2, -0.15) is 5.10 Å². The third-order valence-corrected chi connectivity index (χ3v) is 2.77. The van der Waals surface area contributed by atoms with Crippen molar-refractivity contribution in [2.24, 2.45) is 5.10 Å². The number of rotatable bonds is 4. The number of amides is 2. The molecule has 0 radical (unpaired) electrons. The van der Waals surface area contributed by atoms with E-state index in [0.29, 0.717) is 5.56 Å². The molecule has 0 saturated heterocycles. The van der Waals surface area contributed by atoms with Crippen LogP contribution in [0.15, 0.2) is 53.6 Å². The van der Waals surface area contributed by atoms with Crippen LogP contribution in [-0.4, -0.2) is 23.0 Å². The lowest BCUT2D eigenvalue weighted by Gasteiger charge is -2.03. The first-order valence-corrected chi connectivity index (χ1v) is 6.60. The van der Waals surface area contributed by atoms with E-state index in [1.54, 1.807) is 0 Å². The topological polar surface area (TPSA) is 114 Å². The number of anilines is 1. The van der Waals surface area contributed by atoms with Gasteiger partial charge < -0.3 is 5.32 Å². The van der Waals surface area contributed by atoms with Gasteiger partial charge in [0.05, 0.1) is 11.1 Å². The van der Waals surface area contributed by atoms with Crippen molar-refractivity contribution >= 4 is 29.4 Å². The number of nitro groups is 1. The van der Waals surface area contributed by atoms with Crippen molar-refractivity contribution in [3.63, 3.8) is 0 Å². The summed E-state index contributed by atoms with van der Waals surface area (Å²) in [6.45, 7) is 0. The summed E-state index contributed by atoms with van der Waals surface area (Å²) in [5.74, 6) is -2.61. The molecule has 2 amide bonds. The molecule has 2 rings (SSSR count). The highest BCUT2D eigenvalue weighted by Crippen LogP contribution is 2.10. The van der Waals surface area contributed by atoms with E-state index >= 15 is 0 Å². The second-order valence-electron chi connectivity index (χ2n) is 4.51. The van der Waals surface area contributed by atoms with Gasteiger partial charge in [0.2, 0.25) is 0 Å². The lowest BCUT2D eigenvalue weighted by atomic mass is 10.2. The molecule has 122 valence electrons. The summed E-state index contributed by atoms with van der Waals surface area (Å²) < 4.78 is 13.0. The fourth-order valence-corrected chi connectivity index (χ4v) is 1.65. The fourth-order valence-electron chi connectivity index (χ4n) is 1.65. The van der Waals surface area contributed by atoms with Crippen LogP contribution in [0.3, 0.4) is 0 Å². The molecule has 0 atom stereocenters. The zero-order chi connectivity index (χ0) is 17.5. The van der Waals surface area contributed by atoms with Crippen LogP contribution in [0.5, 0.6) is 0 Å². The Hall–Kier alpha value is -3.62. The SMILES string of the molecule is O=C(NN=Cc1ccc([N+](=O)[O-])cc1)C(=O)Nc1cccc(F)c1. The molecule has 0 aromatic heterocycles. The average molecular weight is 330 g/mol. The van der Waals surface area contributed by atoms with Gasteiger partial charge in [-0.1, -0.05) is 6.07 Å². The van der Waals surface area contributed by atoms with Crippen LogP contribution in [0.2, 0.25) is 0 Å². The van der Waals surface area contributed by atoms with Gasteiger partial charge in [-0.15, -0.1) is 0 Å². The number of nitrogens with one attached hydrogen (secondary N) is 2. The number of hydrazone groups is 1. The molecule has 2 aromatic carbocycles. The van der Waals surface area contributed by atoms with Gasteiger partial charge in [-0.25, -0.2) is 9.82 Å². The molecule has 0 aliphatic carbocycles. The standard InChI is InChI=1S/C15H11FN4O4/c16-11-2-1-3-12(8-11)18-14(21)15(22)19-17-9-10-4-6-13(7-5-10)20(23)24/h1-9H,(H,18,21)(H,19,22). The smallest absolute Gasteiger partial charge is 0.318 e. The third kappa shape index (κ3) is 4.70. The molecule has 0 unspecified atom stereocenters. The molecule has 0 fully saturated rings. The van der Waals surface area contributed by atoms with Gasteiger partial charge in [-0.05, 0) is 35.9 Å². The molecule has 0 spiro atoms. The minimum absolute atomic E-state index is 0.0781. The van der Waals surface area contributed by atoms with Crippen LogP contribution in [0.1, 0.15) is 5.56 Å². The molecule has 0 heterocycles.